The molecule has 0 unspecified atom stereocenters. The van der Waals surface area contributed by atoms with E-state index in [1.807, 2.05) is 26.0 Å². The molecule has 0 fully saturated rings. The molecule has 0 aliphatic heterocycles. The van der Waals surface area contributed by atoms with Crippen LogP contribution in [-0.4, -0.2) is 24.1 Å². The standard InChI is InChI=1S/C12H18N2O2/c1-9(2)11(12(15)16-3)14-8-10-5-4-6-13-7-10/h4-7,9,11,14H,8H2,1-3H3/t11-/m0/s1. The van der Waals surface area contributed by atoms with Crippen LogP contribution in [0.3, 0.4) is 0 Å². The van der Waals surface area contributed by atoms with Crippen LogP contribution in [-0.2, 0) is 16.1 Å². The molecule has 0 aliphatic rings. The highest BCUT2D eigenvalue weighted by Gasteiger charge is 2.21. The molecule has 88 valence electrons. The predicted octanol–water partition coefficient (Wildman–Crippen LogP) is 1.37. The van der Waals surface area contributed by atoms with Crippen molar-refractivity contribution in [2.24, 2.45) is 5.92 Å². The van der Waals surface area contributed by atoms with E-state index in [0.717, 1.165) is 5.56 Å². The van der Waals surface area contributed by atoms with Crippen LogP contribution >= 0.6 is 0 Å². The minimum absolute atomic E-state index is 0.198. The van der Waals surface area contributed by atoms with Crippen molar-refractivity contribution in [2.75, 3.05) is 7.11 Å². The van der Waals surface area contributed by atoms with Crippen LogP contribution in [0, 0.1) is 5.92 Å². The molecule has 0 saturated heterocycles. The molecule has 0 amide bonds. The minimum Gasteiger partial charge on any atom is -0.468 e. The van der Waals surface area contributed by atoms with Gasteiger partial charge >= 0.3 is 5.97 Å². The first kappa shape index (κ1) is 12.6. The molecule has 1 aromatic rings. The third-order valence-corrected chi connectivity index (χ3v) is 2.37. The summed E-state index contributed by atoms with van der Waals surface area (Å²) in [6, 6.07) is 3.57. The maximum atomic E-state index is 11.5. The molecule has 1 rings (SSSR count). The summed E-state index contributed by atoms with van der Waals surface area (Å²) in [7, 11) is 1.41. The van der Waals surface area contributed by atoms with E-state index in [1.165, 1.54) is 7.11 Å². The van der Waals surface area contributed by atoms with E-state index in [2.05, 4.69) is 10.3 Å². The molecule has 0 saturated carbocycles. The smallest absolute Gasteiger partial charge is 0.323 e. The minimum atomic E-state index is -0.273. The van der Waals surface area contributed by atoms with Gasteiger partial charge in [-0.1, -0.05) is 19.9 Å². The van der Waals surface area contributed by atoms with E-state index in [1.54, 1.807) is 12.4 Å². The number of ether oxygens (including phenoxy) is 1. The second-order valence-corrected chi connectivity index (χ2v) is 3.99. The summed E-state index contributed by atoms with van der Waals surface area (Å²) >= 11 is 0. The van der Waals surface area contributed by atoms with Crippen molar-refractivity contribution in [3.05, 3.63) is 30.1 Å². The van der Waals surface area contributed by atoms with Gasteiger partial charge in [0.2, 0.25) is 0 Å². The van der Waals surface area contributed by atoms with Crippen molar-refractivity contribution >= 4 is 5.97 Å². The highest BCUT2D eigenvalue weighted by molar-refractivity contribution is 5.75. The molecule has 0 radical (unpaired) electrons. The quantitative estimate of drug-likeness (QED) is 0.764. The molecule has 0 bridgehead atoms. The molecule has 1 N–H and O–H groups in total. The van der Waals surface area contributed by atoms with Crippen molar-refractivity contribution < 1.29 is 9.53 Å². The summed E-state index contributed by atoms with van der Waals surface area (Å²) in [5.41, 5.74) is 1.05. The Hall–Kier alpha value is -1.42. The van der Waals surface area contributed by atoms with Gasteiger partial charge in [0.05, 0.1) is 7.11 Å². The van der Waals surface area contributed by atoms with Crippen LogP contribution in [0.25, 0.3) is 0 Å². The fourth-order valence-electron chi connectivity index (χ4n) is 1.45. The van der Waals surface area contributed by atoms with Crippen LogP contribution in [0.1, 0.15) is 19.4 Å². The summed E-state index contributed by atoms with van der Waals surface area (Å²) in [5.74, 6) is -0.0250. The summed E-state index contributed by atoms with van der Waals surface area (Å²) in [5, 5.41) is 3.17. The van der Waals surface area contributed by atoms with E-state index >= 15 is 0 Å². The summed E-state index contributed by atoms with van der Waals surface area (Å²) in [6.45, 7) is 4.58. The van der Waals surface area contributed by atoms with Crippen molar-refractivity contribution in [1.29, 1.82) is 0 Å². The lowest BCUT2D eigenvalue weighted by Crippen LogP contribution is -2.41. The first-order valence-electron chi connectivity index (χ1n) is 5.35. The Morgan fingerprint density at radius 1 is 1.56 bits per heavy atom. The number of carbonyl (C=O) groups excluding carboxylic acids is 1. The van der Waals surface area contributed by atoms with Crippen LogP contribution in [0.4, 0.5) is 0 Å². The molecule has 4 heteroatoms. The van der Waals surface area contributed by atoms with Crippen molar-refractivity contribution in [3.8, 4) is 0 Å². The van der Waals surface area contributed by atoms with Crippen LogP contribution < -0.4 is 5.32 Å². The number of nitrogens with zero attached hydrogens (tertiary/aromatic N) is 1. The molecule has 16 heavy (non-hydrogen) atoms. The van der Waals surface area contributed by atoms with Gasteiger partial charge in [0.1, 0.15) is 6.04 Å². The van der Waals surface area contributed by atoms with Gasteiger partial charge in [-0.2, -0.15) is 0 Å². The zero-order chi connectivity index (χ0) is 12.0. The maximum absolute atomic E-state index is 11.5. The Morgan fingerprint density at radius 2 is 2.31 bits per heavy atom. The monoisotopic (exact) mass is 222 g/mol. The number of nitrogens with one attached hydrogen (secondary N) is 1. The number of methoxy groups -OCH3 is 1. The van der Waals surface area contributed by atoms with Crippen molar-refractivity contribution in [3.63, 3.8) is 0 Å². The Balaban J connectivity index is 2.54. The number of hydrogen-bond donors (Lipinski definition) is 1. The van der Waals surface area contributed by atoms with Gasteiger partial charge in [0.25, 0.3) is 0 Å². The Kier molecular flexibility index (Phi) is 4.92. The van der Waals surface area contributed by atoms with E-state index in [-0.39, 0.29) is 17.9 Å². The molecular formula is C12H18N2O2. The highest BCUT2D eigenvalue weighted by atomic mass is 16.5. The number of carbonyl (C=O) groups is 1. The molecular weight excluding hydrogens is 204 g/mol. The summed E-state index contributed by atoms with van der Waals surface area (Å²) < 4.78 is 4.75. The average molecular weight is 222 g/mol. The fourth-order valence-corrected chi connectivity index (χ4v) is 1.45. The van der Waals surface area contributed by atoms with E-state index in [0.29, 0.717) is 6.54 Å². The van der Waals surface area contributed by atoms with Gasteiger partial charge < -0.3 is 10.1 Å². The third-order valence-electron chi connectivity index (χ3n) is 2.37. The largest absolute Gasteiger partial charge is 0.468 e. The zero-order valence-electron chi connectivity index (χ0n) is 9.93. The molecule has 1 heterocycles. The van der Waals surface area contributed by atoms with Crippen molar-refractivity contribution in [1.82, 2.24) is 10.3 Å². The van der Waals surface area contributed by atoms with E-state index in [9.17, 15) is 4.79 Å². The lowest BCUT2D eigenvalue weighted by Gasteiger charge is -2.19. The van der Waals surface area contributed by atoms with Gasteiger partial charge in [-0.25, -0.2) is 0 Å². The average Bonchev–Trinajstić information content (AvgIpc) is 2.30. The van der Waals surface area contributed by atoms with Gasteiger partial charge in [-0.05, 0) is 17.5 Å². The first-order chi connectivity index (χ1) is 7.65. The lowest BCUT2D eigenvalue weighted by molar-refractivity contribution is -0.144. The highest BCUT2D eigenvalue weighted by Crippen LogP contribution is 2.05. The van der Waals surface area contributed by atoms with Crippen LogP contribution in [0.2, 0.25) is 0 Å². The van der Waals surface area contributed by atoms with Crippen LogP contribution in [0.15, 0.2) is 24.5 Å². The molecule has 1 atom stereocenters. The number of hydrogen-bond acceptors (Lipinski definition) is 4. The van der Waals surface area contributed by atoms with E-state index in [4.69, 9.17) is 4.74 Å². The van der Waals surface area contributed by atoms with Gasteiger partial charge in [0.15, 0.2) is 0 Å². The summed E-state index contributed by atoms with van der Waals surface area (Å²) in [4.78, 5) is 15.5. The van der Waals surface area contributed by atoms with Crippen molar-refractivity contribution in [2.45, 2.75) is 26.4 Å². The second kappa shape index (κ2) is 6.23. The molecule has 0 spiro atoms. The number of pyridine rings is 1. The van der Waals surface area contributed by atoms with Crippen LogP contribution in [0.5, 0.6) is 0 Å². The van der Waals surface area contributed by atoms with Gasteiger partial charge in [0, 0.05) is 18.9 Å². The molecule has 1 aromatic heterocycles. The maximum Gasteiger partial charge on any atom is 0.323 e. The predicted molar refractivity (Wildman–Crippen MR) is 61.7 cm³/mol. The Labute approximate surface area is 96.0 Å². The lowest BCUT2D eigenvalue weighted by atomic mass is 10.0. The molecule has 0 aliphatic carbocycles. The third kappa shape index (κ3) is 3.62. The molecule has 0 aromatic carbocycles. The Bertz CT molecular complexity index is 325. The van der Waals surface area contributed by atoms with Gasteiger partial charge in [-0.15, -0.1) is 0 Å². The summed E-state index contributed by atoms with van der Waals surface area (Å²) in [6.07, 6.45) is 3.51. The topological polar surface area (TPSA) is 51.2 Å². The van der Waals surface area contributed by atoms with Gasteiger partial charge in [-0.3, -0.25) is 9.78 Å². The molecule has 4 nitrogen and oxygen atoms in total. The Morgan fingerprint density at radius 3 is 2.81 bits per heavy atom. The number of esters is 1. The van der Waals surface area contributed by atoms with E-state index < -0.39 is 0 Å². The normalized spacial score (nSPS) is 12.5. The number of rotatable bonds is 5. The number of aromatic nitrogens is 1. The SMILES string of the molecule is COC(=O)[C@@H](NCc1cccnc1)C(C)C. The first-order valence-corrected chi connectivity index (χ1v) is 5.35. The zero-order valence-corrected chi connectivity index (χ0v) is 9.93. The second-order valence-electron chi connectivity index (χ2n) is 3.99. The fraction of sp³-hybridized carbons (Fsp3) is 0.500.